The maximum atomic E-state index is 12.0. The van der Waals surface area contributed by atoms with Gasteiger partial charge in [0.1, 0.15) is 0 Å². The molecule has 2 rings (SSSR count). The molecule has 1 aliphatic heterocycles. The third kappa shape index (κ3) is 5.49. The second kappa shape index (κ2) is 9.04. The van der Waals surface area contributed by atoms with Crippen LogP contribution in [0, 0.1) is 5.92 Å². The summed E-state index contributed by atoms with van der Waals surface area (Å²) in [6, 6.07) is 7.52. The van der Waals surface area contributed by atoms with Gasteiger partial charge >= 0.3 is 0 Å². The Hall–Kier alpha value is -1.59. The van der Waals surface area contributed by atoms with Crippen LogP contribution in [0.25, 0.3) is 0 Å². The van der Waals surface area contributed by atoms with E-state index in [9.17, 15) is 9.59 Å². The van der Waals surface area contributed by atoms with Gasteiger partial charge in [0.25, 0.3) is 0 Å². The fourth-order valence-corrected chi connectivity index (χ4v) is 3.15. The molecule has 2 amide bonds. The second-order valence-electron chi connectivity index (χ2n) is 6.47. The number of hydrogen-bond acceptors (Lipinski definition) is 3. The summed E-state index contributed by atoms with van der Waals surface area (Å²) in [5, 5.41) is 3.58. The van der Waals surface area contributed by atoms with E-state index in [-0.39, 0.29) is 17.7 Å². The zero-order chi connectivity index (χ0) is 17.5. The molecule has 1 saturated heterocycles. The molecule has 6 heteroatoms. The van der Waals surface area contributed by atoms with E-state index in [2.05, 4.69) is 10.2 Å². The standard InChI is InChI=1S/C18H26ClN3O2/c1-21(2)18(24)14-7-10-22(11-8-14)12-9-17(23)20-13-15-5-3-4-6-16(15)19/h3-6,14H,7-13H2,1-2H3,(H,20,23). The van der Waals surface area contributed by atoms with Crippen molar-refractivity contribution >= 4 is 23.4 Å². The Morgan fingerprint density at radius 2 is 1.92 bits per heavy atom. The SMILES string of the molecule is CN(C)C(=O)C1CCN(CCC(=O)NCc2ccccc2Cl)CC1. The van der Waals surface area contributed by atoms with E-state index in [1.54, 1.807) is 19.0 Å². The van der Waals surface area contributed by atoms with E-state index >= 15 is 0 Å². The molecule has 1 heterocycles. The first-order chi connectivity index (χ1) is 11.5. The van der Waals surface area contributed by atoms with Crippen LogP contribution in [-0.4, -0.2) is 55.3 Å². The lowest BCUT2D eigenvalue weighted by atomic mass is 9.95. The zero-order valence-electron chi connectivity index (χ0n) is 14.4. The molecular formula is C18H26ClN3O2. The maximum Gasteiger partial charge on any atom is 0.225 e. The van der Waals surface area contributed by atoms with Crippen molar-refractivity contribution in [2.75, 3.05) is 33.7 Å². The molecular weight excluding hydrogens is 326 g/mol. The third-order valence-electron chi connectivity index (χ3n) is 4.47. The average Bonchev–Trinajstić information content (AvgIpc) is 2.59. The Morgan fingerprint density at radius 3 is 2.54 bits per heavy atom. The third-order valence-corrected chi connectivity index (χ3v) is 4.84. The number of carbonyl (C=O) groups is 2. The number of rotatable bonds is 6. The molecule has 0 spiro atoms. The first-order valence-corrected chi connectivity index (χ1v) is 8.79. The van der Waals surface area contributed by atoms with E-state index in [4.69, 9.17) is 11.6 Å². The predicted octanol–water partition coefficient (Wildman–Crippen LogP) is 2.15. The number of piperidine rings is 1. The van der Waals surface area contributed by atoms with Crippen molar-refractivity contribution in [1.82, 2.24) is 15.1 Å². The fourth-order valence-electron chi connectivity index (χ4n) is 2.95. The Bertz CT molecular complexity index is 569. The van der Waals surface area contributed by atoms with Gasteiger partial charge in [-0.15, -0.1) is 0 Å². The molecule has 1 aliphatic rings. The molecule has 5 nitrogen and oxygen atoms in total. The summed E-state index contributed by atoms with van der Waals surface area (Å²) in [5.41, 5.74) is 0.926. The number of nitrogens with zero attached hydrogens (tertiary/aromatic N) is 2. The molecule has 0 saturated carbocycles. The van der Waals surface area contributed by atoms with Crippen LogP contribution >= 0.6 is 11.6 Å². The van der Waals surface area contributed by atoms with Crippen LogP contribution in [0.2, 0.25) is 5.02 Å². The Labute approximate surface area is 149 Å². The highest BCUT2D eigenvalue weighted by atomic mass is 35.5. The van der Waals surface area contributed by atoms with Gasteiger partial charge in [-0.25, -0.2) is 0 Å². The van der Waals surface area contributed by atoms with Gasteiger partial charge < -0.3 is 15.1 Å². The molecule has 1 aromatic rings. The Balaban J connectivity index is 1.66. The summed E-state index contributed by atoms with van der Waals surface area (Å²) < 4.78 is 0. The van der Waals surface area contributed by atoms with Gasteiger partial charge in [-0.05, 0) is 37.6 Å². The van der Waals surface area contributed by atoms with E-state index in [1.807, 2.05) is 24.3 Å². The number of carbonyl (C=O) groups excluding carboxylic acids is 2. The van der Waals surface area contributed by atoms with Gasteiger partial charge in [0.15, 0.2) is 0 Å². The van der Waals surface area contributed by atoms with Crippen LogP contribution in [0.4, 0.5) is 0 Å². The topological polar surface area (TPSA) is 52.7 Å². The number of hydrogen-bond donors (Lipinski definition) is 1. The number of benzene rings is 1. The minimum atomic E-state index is 0.0291. The summed E-state index contributed by atoms with van der Waals surface area (Å²) in [6.07, 6.45) is 2.22. The normalized spacial score (nSPS) is 16.0. The highest BCUT2D eigenvalue weighted by Crippen LogP contribution is 2.19. The van der Waals surface area contributed by atoms with E-state index in [0.29, 0.717) is 18.0 Å². The Morgan fingerprint density at radius 1 is 1.25 bits per heavy atom. The first-order valence-electron chi connectivity index (χ1n) is 8.41. The lowest BCUT2D eigenvalue weighted by Gasteiger charge is -2.32. The van der Waals surface area contributed by atoms with Crippen LogP contribution in [0.1, 0.15) is 24.8 Å². The Kier molecular flexibility index (Phi) is 7.06. The zero-order valence-corrected chi connectivity index (χ0v) is 15.2. The van der Waals surface area contributed by atoms with Gasteiger partial charge in [0, 0.05) is 44.5 Å². The largest absolute Gasteiger partial charge is 0.352 e. The molecule has 1 aromatic carbocycles. The molecule has 0 atom stereocenters. The van der Waals surface area contributed by atoms with Gasteiger partial charge in [-0.3, -0.25) is 9.59 Å². The molecule has 132 valence electrons. The van der Waals surface area contributed by atoms with Gasteiger partial charge in [-0.1, -0.05) is 29.8 Å². The number of halogens is 1. The smallest absolute Gasteiger partial charge is 0.225 e. The molecule has 0 aliphatic carbocycles. The summed E-state index contributed by atoms with van der Waals surface area (Å²) in [7, 11) is 3.61. The van der Waals surface area contributed by atoms with Crippen LogP contribution < -0.4 is 5.32 Å². The summed E-state index contributed by atoms with van der Waals surface area (Å²) in [5.74, 6) is 0.374. The number of likely N-dealkylation sites (tertiary alicyclic amines) is 1. The van der Waals surface area contributed by atoms with E-state index in [0.717, 1.165) is 38.0 Å². The van der Waals surface area contributed by atoms with E-state index < -0.39 is 0 Å². The summed E-state index contributed by atoms with van der Waals surface area (Å²) >= 11 is 6.08. The quantitative estimate of drug-likeness (QED) is 0.854. The van der Waals surface area contributed by atoms with Crippen LogP contribution in [0.3, 0.4) is 0 Å². The van der Waals surface area contributed by atoms with Crippen molar-refractivity contribution in [1.29, 1.82) is 0 Å². The maximum absolute atomic E-state index is 12.0. The lowest BCUT2D eigenvalue weighted by molar-refractivity contribution is -0.134. The van der Waals surface area contributed by atoms with Crippen LogP contribution in [-0.2, 0) is 16.1 Å². The van der Waals surface area contributed by atoms with Gasteiger partial charge in [-0.2, -0.15) is 0 Å². The van der Waals surface area contributed by atoms with E-state index in [1.165, 1.54) is 0 Å². The predicted molar refractivity (Wildman–Crippen MR) is 95.8 cm³/mol. The average molecular weight is 352 g/mol. The molecule has 0 radical (unpaired) electrons. The molecule has 0 aromatic heterocycles. The highest BCUT2D eigenvalue weighted by molar-refractivity contribution is 6.31. The highest BCUT2D eigenvalue weighted by Gasteiger charge is 2.25. The summed E-state index contributed by atoms with van der Waals surface area (Å²) in [6.45, 7) is 2.94. The minimum absolute atomic E-state index is 0.0291. The lowest BCUT2D eigenvalue weighted by Crippen LogP contribution is -2.41. The molecule has 1 N–H and O–H groups in total. The first kappa shape index (κ1) is 18.7. The van der Waals surface area contributed by atoms with Crippen molar-refractivity contribution < 1.29 is 9.59 Å². The van der Waals surface area contributed by atoms with Gasteiger partial charge in [0.05, 0.1) is 0 Å². The van der Waals surface area contributed by atoms with Crippen molar-refractivity contribution in [2.24, 2.45) is 5.92 Å². The summed E-state index contributed by atoms with van der Waals surface area (Å²) in [4.78, 5) is 27.9. The fraction of sp³-hybridized carbons (Fsp3) is 0.556. The van der Waals surface area contributed by atoms with Crippen LogP contribution in [0.5, 0.6) is 0 Å². The van der Waals surface area contributed by atoms with Gasteiger partial charge in [0.2, 0.25) is 11.8 Å². The molecule has 24 heavy (non-hydrogen) atoms. The number of amides is 2. The van der Waals surface area contributed by atoms with Crippen molar-refractivity contribution in [2.45, 2.75) is 25.8 Å². The second-order valence-corrected chi connectivity index (χ2v) is 6.87. The number of nitrogens with one attached hydrogen (secondary N) is 1. The van der Waals surface area contributed by atoms with Crippen molar-refractivity contribution in [3.05, 3.63) is 34.9 Å². The van der Waals surface area contributed by atoms with Crippen molar-refractivity contribution in [3.63, 3.8) is 0 Å². The van der Waals surface area contributed by atoms with Crippen molar-refractivity contribution in [3.8, 4) is 0 Å². The monoisotopic (exact) mass is 351 g/mol. The van der Waals surface area contributed by atoms with Crippen LogP contribution in [0.15, 0.2) is 24.3 Å². The minimum Gasteiger partial charge on any atom is -0.352 e. The molecule has 0 bridgehead atoms. The molecule has 1 fully saturated rings. The molecule has 0 unspecified atom stereocenters.